The number of hydrogen-bond donors (Lipinski definition) is 1. The molecule has 5 heteroatoms. The Labute approximate surface area is 132 Å². The van der Waals surface area contributed by atoms with Crippen molar-refractivity contribution in [1.82, 2.24) is 10.2 Å². The van der Waals surface area contributed by atoms with E-state index in [0.29, 0.717) is 17.1 Å². The molecule has 1 atom stereocenters. The van der Waals surface area contributed by atoms with Gasteiger partial charge in [0.1, 0.15) is 0 Å². The average Bonchev–Trinajstić information content (AvgIpc) is 3.05. The zero-order valence-corrected chi connectivity index (χ0v) is 13.4. The monoisotopic (exact) mass is 350 g/mol. The highest BCUT2D eigenvalue weighted by molar-refractivity contribution is 9.08. The van der Waals surface area contributed by atoms with E-state index in [1.54, 1.807) is 0 Å². The van der Waals surface area contributed by atoms with Crippen molar-refractivity contribution in [3.8, 4) is 0 Å². The third-order valence-corrected chi connectivity index (χ3v) is 4.80. The van der Waals surface area contributed by atoms with Gasteiger partial charge in [0, 0.05) is 5.92 Å². The number of nitrogens with zero attached hydrogens (tertiary/aromatic N) is 2. The lowest BCUT2D eigenvalue weighted by atomic mass is 9.73. The van der Waals surface area contributed by atoms with Crippen LogP contribution in [0.5, 0.6) is 0 Å². The molecule has 3 rings (SSSR count). The molecule has 0 radical (unpaired) electrons. The van der Waals surface area contributed by atoms with Gasteiger partial charge in [-0.15, -0.1) is 10.2 Å². The van der Waals surface area contributed by atoms with Crippen LogP contribution >= 0.6 is 15.9 Å². The quantitative estimate of drug-likeness (QED) is 0.852. The minimum atomic E-state index is -1.19. The molecule has 1 aromatic heterocycles. The Balaban J connectivity index is 2.05. The Morgan fingerprint density at radius 3 is 2.48 bits per heavy atom. The van der Waals surface area contributed by atoms with Gasteiger partial charge < -0.3 is 9.52 Å². The number of aliphatic hydroxyl groups is 1. The molecule has 1 aliphatic rings. The topological polar surface area (TPSA) is 59.2 Å². The van der Waals surface area contributed by atoms with Crippen LogP contribution in [-0.4, -0.2) is 15.3 Å². The van der Waals surface area contributed by atoms with E-state index in [9.17, 15) is 5.11 Å². The van der Waals surface area contributed by atoms with Crippen molar-refractivity contribution >= 4 is 15.9 Å². The molecule has 1 fully saturated rings. The third-order valence-electron chi connectivity index (χ3n) is 4.32. The molecule has 21 heavy (non-hydrogen) atoms. The molecule has 2 aromatic rings. The summed E-state index contributed by atoms with van der Waals surface area (Å²) in [5, 5.41) is 20.1. The first-order valence-corrected chi connectivity index (χ1v) is 8.54. The number of halogens is 1. The normalized spacial score (nSPS) is 19.3. The fraction of sp³-hybridized carbons (Fsp3) is 0.500. The molecule has 0 unspecified atom stereocenters. The van der Waals surface area contributed by atoms with Crippen molar-refractivity contribution in [2.24, 2.45) is 5.92 Å². The zero-order chi connectivity index (χ0) is 14.7. The summed E-state index contributed by atoms with van der Waals surface area (Å²) < 4.78 is 5.69. The van der Waals surface area contributed by atoms with E-state index >= 15 is 0 Å². The van der Waals surface area contributed by atoms with Crippen LogP contribution in [0.3, 0.4) is 0 Å². The second-order valence-corrected chi connectivity index (χ2v) is 6.16. The molecule has 0 bridgehead atoms. The van der Waals surface area contributed by atoms with E-state index in [1.807, 2.05) is 30.3 Å². The number of rotatable bonds is 4. The Morgan fingerprint density at radius 2 is 1.86 bits per heavy atom. The van der Waals surface area contributed by atoms with Gasteiger partial charge in [-0.05, 0) is 18.4 Å². The lowest BCUT2D eigenvalue weighted by Gasteiger charge is -2.36. The maximum Gasteiger partial charge on any atom is 0.252 e. The Hall–Kier alpha value is -1.20. The summed E-state index contributed by atoms with van der Waals surface area (Å²) in [5.41, 5.74) is -0.351. The van der Waals surface area contributed by atoms with Gasteiger partial charge >= 0.3 is 0 Å². The standard InChI is InChI=1S/C16H19BrN2O2/c17-11-14-18-19-15(21-14)16(20,12-7-3-1-4-8-12)13-9-5-2-6-10-13/h1,3-4,7-8,13,20H,2,5-6,9-11H2/t16-/m1/s1. The SMILES string of the molecule is O[C@@](c1ccccc1)(c1nnc(CBr)o1)C1CCCCC1. The summed E-state index contributed by atoms with van der Waals surface area (Å²) in [6.07, 6.45) is 5.48. The van der Waals surface area contributed by atoms with E-state index in [1.165, 1.54) is 6.42 Å². The summed E-state index contributed by atoms with van der Waals surface area (Å²) in [4.78, 5) is 0. The van der Waals surface area contributed by atoms with Crippen LogP contribution in [-0.2, 0) is 10.9 Å². The van der Waals surface area contributed by atoms with Crippen LogP contribution in [0.4, 0.5) is 0 Å². The van der Waals surface area contributed by atoms with E-state index in [2.05, 4.69) is 26.1 Å². The van der Waals surface area contributed by atoms with Crippen LogP contribution in [0.15, 0.2) is 34.7 Å². The minimum absolute atomic E-state index is 0.122. The highest BCUT2D eigenvalue weighted by Crippen LogP contribution is 2.43. The maximum absolute atomic E-state index is 11.5. The predicted octanol–water partition coefficient (Wildman–Crippen LogP) is 3.78. The van der Waals surface area contributed by atoms with Crippen LogP contribution in [0, 0.1) is 5.92 Å². The molecular formula is C16H19BrN2O2. The molecule has 0 saturated heterocycles. The fourth-order valence-electron chi connectivity index (χ4n) is 3.21. The molecular weight excluding hydrogens is 332 g/mol. The molecule has 1 N–H and O–H groups in total. The summed E-state index contributed by atoms with van der Waals surface area (Å²) >= 11 is 3.31. The zero-order valence-electron chi connectivity index (χ0n) is 11.8. The first-order chi connectivity index (χ1) is 10.2. The van der Waals surface area contributed by atoms with E-state index in [4.69, 9.17) is 4.42 Å². The van der Waals surface area contributed by atoms with Crippen molar-refractivity contribution < 1.29 is 9.52 Å². The number of benzene rings is 1. The highest BCUT2D eigenvalue weighted by Gasteiger charge is 2.45. The Morgan fingerprint density at radius 1 is 1.14 bits per heavy atom. The van der Waals surface area contributed by atoms with E-state index in [0.717, 1.165) is 31.2 Å². The lowest BCUT2D eigenvalue weighted by molar-refractivity contribution is -0.0238. The largest absolute Gasteiger partial charge is 0.421 e. The second-order valence-electron chi connectivity index (χ2n) is 5.60. The van der Waals surface area contributed by atoms with Gasteiger partial charge in [-0.2, -0.15) is 0 Å². The smallest absolute Gasteiger partial charge is 0.252 e. The van der Waals surface area contributed by atoms with Crippen molar-refractivity contribution in [1.29, 1.82) is 0 Å². The molecule has 112 valence electrons. The van der Waals surface area contributed by atoms with Gasteiger partial charge in [0.05, 0.1) is 5.33 Å². The van der Waals surface area contributed by atoms with E-state index in [-0.39, 0.29) is 5.92 Å². The van der Waals surface area contributed by atoms with E-state index < -0.39 is 5.60 Å². The maximum atomic E-state index is 11.5. The second kappa shape index (κ2) is 6.28. The van der Waals surface area contributed by atoms with Gasteiger partial charge in [0.15, 0.2) is 5.60 Å². The molecule has 1 heterocycles. The van der Waals surface area contributed by atoms with Crippen molar-refractivity contribution in [2.75, 3.05) is 0 Å². The van der Waals surface area contributed by atoms with Crippen LogP contribution in [0.2, 0.25) is 0 Å². The minimum Gasteiger partial charge on any atom is -0.421 e. The number of alkyl halides is 1. The van der Waals surface area contributed by atoms with Gasteiger partial charge in [-0.25, -0.2) is 0 Å². The first kappa shape index (κ1) is 14.7. The Bertz CT molecular complexity index is 581. The fourth-order valence-corrected chi connectivity index (χ4v) is 3.43. The molecule has 1 saturated carbocycles. The van der Waals surface area contributed by atoms with Gasteiger partial charge in [-0.1, -0.05) is 65.5 Å². The summed E-state index contributed by atoms with van der Waals surface area (Å²) in [6, 6.07) is 9.69. The van der Waals surface area contributed by atoms with Crippen molar-refractivity contribution in [2.45, 2.75) is 43.0 Å². The van der Waals surface area contributed by atoms with Crippen LogP contribution < -0.4 is 0 Å². The Kier molecular flexibility index (Phi) is 4.40. The predicted molar refractivity (Wildman–Crippen MR) is 82.9 cm³/mol. The number of hydrogen-bond acceptors (Lipinski definition) is 4. The van der Waals surface area contributed by atoms with Gasteiger partial charge in [0.25, 0.3) is 5.89 Å². The molecule has 4 nitrogen and oxygen atoms in total. The summed E-state index contributed by atoms with van der Waals surface area (Å²) in [5.74, 6) is 0.933. The molecule has 0 spiro atoms. The highest BCUT2D eigenvalue weighted by atomic mass is 79.9. The van der Waals surface area contributed by atoms with Gasteiger partial charge in [-0.3, -0.25) is 0 Å². The lowest BCUT2D eigenvalue weighted by Crippen LogP contribution is -2.38. The summed E-state index contributed by atoms with van der Waals surface area (Å²) in [6.45, 7) is 0. The molecule has 0 aliphatic heterocycles. The molecule has 0 amide bonds. The van der Waals surface area contributed by atoms with Crippen molar-refractivity contribution in [3.05, 3.63) is 47.7 Å². The van der Waals surface area contributed by atoms with Crippen LogP contribution in [0.25, 0.3) is 0 Å². The average molecular weight is 351 g/mol. The molecule has 1 aromatic carbocycles. The summed E-state index contributed by atoms with van der Waals surface area (Å²) in [7, 11) is 0. The first-order valence-electron chi connectivity index (χ1n) is 7.42. The third kappa shape index (κ3) is 2.77. The van der Waals surface area contributed by atoms with Crippen LogP contribution in [0.1, 0.15) is 49.4 Å². The van der Waals surface area contributed by atoms with Gasteiger partial charge in [0.2, 0.25) is 5.89 Å². The van der Waals surface area contributed by atoms with Crippen molar-refractivity contribution in [3.63, 3.8) is 0 Å². The molecule has 1 aliphatic carbocycles. The number of aromatic nitrogens is 2.